The molecule has 37 heavy (non-hydrogen) atoms. The summed E-state index contributed by atoms with van der Waals surface area (Å²) in [7, 11) is 2.17. The van der Waals surface area contributed by atoms with Gasteiger partial charge in [0.25, 0.3) is 0 Å². The first-order chi connectivity index (χ1) is 18.2. The van der Waals surface area contributed by atoms with Crippen molar-refractivity contribution in [2.45, 2.75) is 44.2 Å². The zero-order chi connectivity index (χ0) is 25.2. The lowest BCUT2D eigenvalue weighted by atomic mass is 10.0. The van der Waals surface area contributed by atoms with Gasteiger partial charge in [0.1, 0.15) is 42.0 Å². The number of aromatic nitrogens is 2. The van der Waals surface area contributed by atoms with Crippen molar-refractivity contribution in [2.24, 2.45) is 0 Å². The fraction of sp³-hybridized carbons (Fsp3) is 0.481. The first kappa shape index (κ1) is 24.3. The second-order valence-electron chi connectivity index (χ2n) is 9.69. The van der Waals surface area contributed by atoms with Gasteiger partial charge in [-0.3, -0.25) is 0 Å². The van der Waals surface area contributed by atoms with Crippen LogP contribution in [0.15, 0.2) is 30.6 Å². The molecule has 196 valence electrons. The SMILES string of the molecule is CN1CCCCC1COc1cc(OC2CCOCC2)c2c(Nc3c(Cl)ccc4c3OCO4)ncnc2c1. The molecule has 4 heterocycles. The van der Waals surface area contributed by atoms with Gasteiger partial charge in [0.15, 0.2) is 11.5 Å². The summed E-state index contributed by atoms with van der Waals surface area (Å²) in [6.07, 6.45) is 6.81. The molecule has 0 radical (unpaired) electrons. The van der Waals surface area contributed by atoms with Gasteiger partial charge in [0.05, 0.1) is 29.1 Å². The predicted molar refractivity (Wildman–Crippen MR) is 141 cm³/mol. The van der Waals surface area contributed by atoms with Crippen molar-refractivity contribution in [1.29, 1.82) is 0 Å². The molecule has 2 aromatic carbocycles. The molecule has 9 nitrogen and oxygen atoms in total. The molecule has 0 amide bonds. The van der Waals surface area contributed by atoms with Gasteiger partial charge in [-0.1, -0.05) is 18.0 Å². The average molecular weight is 527 g/mol. The van der Waals surface area contributed by atoms with Crippen LogP contribution in [-0.4, -0.2) is 67.2 Å². The maximum atomic E-state index is 6.55. The molecule has 0 saturated carbocycles. The van der Waals surface area contributed by atoms with Gasteiger partial charge >= 0.3 is 0 Å². The first-order valence-corrected chi connectivity index (χ1v) is 13.2. The Morgan fingerprint density at radius 1 is 1.11 bits per heavy atom. The second kappa shape index (κ2) is 10.8. The van der Waals surface area contributed by atoms with Crippen LogP contribution in [0.2, 0.25) is 5.02 Å². The van der Waals surface area contributed by atoms with Crippen LogP contribution < -0.4 is 24.3 Å². The van der Waals surface area contributed by atoms with Crippen LogP contribution in [-0.2, 0) is 4.74 Å². The van der Waals surface area contributed by atoms with E-state index < -0.39 is 0 Å². The summed E-state index contributed by atoms with van der Waals surface area (Å²) in [5.41, 5.74) is 1.31. The van der Waals surface area contributed by atoms with Crippen molar-refractivity contribution in [3.05, 3.63) is 35.6 Å². The molecule has 1 N–H and O–H groups in total. The minimum Gasteiger partial charge on any atom is -0.492 e. The van der Waals surface area contributed by atoms with Crippen molar-refractivity contribution in [1.82, 2.24) is 14.9 Å². The second-order valence-corrected chi connectivity index (χ2v) is 10.1. The molecule has 0 aliphatic carbocycles. The molecule has 10 heteroatoms. The zero-order valence-corrected chi connectivity index (χ0v) is 21.6. The largest absolute Gasteiger partial charge is 0.492 e. The number of nitrogens with one attached hydrogen (secondary N) is 1. The van der Waals surface area contributed by atoms with E-state index in [0.717, 1.165) is 42.5 Å². The number of fused-ring (bicyclic) bond motifs is 2. The highest BCUT2D eigenvalue weighted by Crippen LogP contribution is 2.46. The van der Waals surface area contributed by atoms with Crippen LogP contribution in [0.3, 0.4) is 0 Å². The topological polar surface area (TPSA) is 87.2 Å². The summed E-state index contributed by atoms with van der Waals surface area (Å²) in [6, 6.07) is 7.86. The van der Waals surface area contributed by atoms with Gasteiger partial charge in [-0.15, -0.1) is 0 Å². The molecule has 1 unspecified atom stereocenters. The van der Waals surface area contributed by atoms with Crippen LogP contribution in [0.25, 0.3) is 10.9 Å². The molecule has 0 spiro atoms. The molecule has 2 fully saturated rings. The summed E-state index contributed by atoms with van der Waals surface area (Å²) in [5, 5.41) is 4.61. The molecular formula is C27H31ClN4O5. The van der Waals surface area contributed by atoms with E-state index in [9.17, 15) is 0 Å². The van der Waals surface area contributed by atoms with E-state index in [-0.39, 0.29) is 12.9 Å². The van der Waals surface area contributed by atoms with Gasteiger partial charge in [-0.05, 0) is 38.6 Å². The van der Waals surface area contributed by atoms with Gasteiger partial charge in [-0.2, -0.15) is 0 Å². The van der Waals surface area contributed by atoms with Gasteiger partial charge in [-0.25, -0.2) is 9.97 Å². The third kappa shape index (κ3) is 5.21. The van der Waals surface area contributed by atoms with E-state index in [1.54, 1.807) is 12.1 Å². The van der Waals surface area contributed by atoms with Crippen molar-refractivity contribution >= 4 is 34.0 Å². The number of piperidine rings is 1. The lowest BCUT2D eigenvalue weighted by Crippen LogP contribution is -2.40. The normalized spacial score (nSPS) is 20.2. The number of hydrogen-bond donors (Lipinski definition) is 1. The zero-order valence-electron chi connectivity index (χ0n) is 20.9. The number of likely N-dealkylation sites (tertiary alicyclic amines) is 1. The fourth-order valence-electron chi connectivity index (χ4n) is 5.10. The highest BCUT2D eigenvalue weighted by atomic mass is 35.5. The quantitative estimate of drug-likeness (QED) is 0.447. The summed E-state index contributed by atoms with van der Waals surface area (Å²) in [5.74, 6) is 3.15. The van der Waals surface area contributed by atoms with Crippen LogP contribution in [0, 0.1) is 0 Å². The van der Waals surface area contributed by atoms with E-state index in [2.05, 4.69) is 27.2 Å². The average Bonchev–Trinajstić information content (AvgIpc) is 3.40. The minimum absolute atomic E-state index is 0.0334. The number of rotatable bonds is 7. The Morgan fingerprint density at radius 3 is 2.86 bits per heavy atom. The highest BCUT2D eigenvalue weighted by Gasteiger charge is 2.25. The van der Waals surface area contributed by atoms with E-state index >= 15 is 0 Å². The third-order valence-electron chi connectivity index (χ3n) is 7.23. The highest BCUT2D eigenvalue weighted by molar-refractivity contribution is 6.34. The van der Waals surface area contributed by atoms with E-state index in [4.69, 9.17) is 35.3 Å². The number of ether oxygens (including phenoxy) is 5. The van der Waals surface area contributed by atoms with Gasteiger partial charge < -0.3 is 33.9 Å². The van der Waals surface area contributed by atoms with Crippen molar-refractivity contribution in [3.8, 4) is 23.0 Å². The minimum atomic E-state index is 0.0334. The molecule has 1 atom stereocenters. The smallest absolute Gasteiger partial charge is 0.231 e. The monoisotopic (exact) mass is 526 g/mol. The predicted octanol–water partition coefficient (Wildman–Crippen LogP) is 5.18. The Hall–Kier alpha value is -3.01. The molecule has 1 aromatic heterocycles. The van der Waals surface area contributed by atoms with E-state index in [1.807, 2.05) is 12.1 Å². The number of likely N-dealkylation sites (N-methyl/N-ethyl adjacent to an activating group) is 1. The Bertz CT molecular complexity index is 1270. The third-order valence-corrected chi connectivity index (χ3v) is 7.55. The Morgan fingerprint density at radius 2 is 2.00 bits per heavy atom. The molecule has 3 aliphatic rings. The number of halogens is 1. The summed E-state index contributed by atoms with van der Waals surface area (Å²) in [4.78, 5) is 11.5. The molecule has 0 bridgehead atoms. The van der Waals surface area contributed by atoms with Crippen LogP contribution >= 0.6 is 11.6 Å². The van der Waals surface area contributed by atoms with Crippen LogP contribution in [0.4, 0.5) is 11.5 Å². The van der Waals surface area contributed by atoms with E-state index in [1.165, 1.54) is 19.2 Å². The van der Waals surface area contributed by atoms with Gasteiger partial charge in [0.2, 0.25) is 6.79 Å². The summed E-state index contributed by atoms with van der Waals surface area (Å²) < 4.78 is 29.6. The Labute approximate surface area is 221 Å². The number of benzene rings is 2. The maximum Gasteiger partial charge on any atom is 0.231 e. The lowest BCUT2D eigenvalue weighted by Gasteiger charge is -2.32. The number of hydrogen-bond acceptors (Lipinski definition) is 9. The standard InChI is InChI=1S/C27H31ClN4O5/c1-32-9-3-2-4-17(32)14-34-19-12-21-24(23(13-19)37-18-7-10-33-11-8-18)27(30-15-29-21)31-25-20(28)5-6-22-26(25)36-16-35-22/h5-6,12-13,15,17-18H,2-4,7-11,14,16H2,1H3,(H,29,30,31). The number of nitrogens with zero attached hydrogens (tertiary/aromatic N) is 3. The summed E-state index contributed by atoms with van der Waals surface area (Å²) >= 11 is 6.55. The molecule has 3 aliphatic heterocycles. The number of anilines is 2. The molecular weight excluding hydrogens is 496 g/mol. The maximum absolute atomic E-state index is 6.55. The lowest BCUT2D eigenvalue weighted by molar-refractivity contribution is 0.0261. The van der Waals surface area contributed by atoms with Gasteiger partial charge in [0, 0.05) is 31.0 Å². The van der Waals surface area contributed by atoms with Crippen LogP contribution in [0.1, 0.15) is 32.1 Å². The van der Waals surface area contributed by atoms with Crippen molar-refractivity contribution in [3.63, 3.8) is 0 Å². The molecule has 2 saturated heterocycles. The van der Waals surface area contributed by atoms with Crippen molar-refractivity contribution < 1.29 is 23.7 Å². The Kier molecular flexibility index (Phi) is 7.08. The molecule has 3 aromatic rings. The first-order valence-electron chi connectivity index (χ1n) is 12.9. The van der Waals surface area contributed by atoms with Crippen LogP contribution in [0.5, 0.6) is 23.0 Å². The van der Waals surface area contributed by atoms with Crippen molar-refractivity contribution in [2.75, 3.05) is 45.5 Å². The molecule has 6 rings (SSSR count). The van der Waals surface area contributed by atoms with E-state index in [0.29, 0.717) is 59.6 Å². The fourth-order valence-corrected chi connectivity index (χ4v) is 5.30. The Balaban J connectivity index is 1.35. The summed E-state index contributed by atoms with van der Waals surface area (Å²) in [6.45, 7) is 3.23.